The third kappa shape index (κ3) is 3.66. The molecule has 2 amide bonds. The first-order valence-electron chi connectivity index (χ1n) is 7.64. The monoisotopic (exact) mass is 306 g/mol. The minimum atomic E-state index is -0.455. The van der Waals surface area contributed by atoms with E-state index in [2.05, 4.69) is 5.32 Å². The average Bonchev–Trinajstić information content (AvgIpc) is 2.95. The zero-order valence-corrected chi connectivity index (χ0v) is 12.7. The van der Waals surface area contributed by atoms with Crippen LogP contribution in [0.1, 0.15) is 12.0 Å². The minimum Gasteiger partial charge on any atom is -0.341 e. The maximum Gasteiger partial charge on any atom is 0.249 e. The molecule has 1 atom stereocenters. The van der Waals surface area contributed by atoms with Gasteiger partial charge in [0.05, 0.1) is 0 Å². The van der Waals surface area contributed by atoms with Crippen molar-refractivity contribution in [2.24, 2.45) is 0 Å². The molecule has 2 aromatic rings. The highest BCUT2D eigenvalue weighted by Gasteiger charge is 2.33. The topological polar surface area (TPSA) is 49.4 Å². The van der Waals surface area contributed by atoms with Crippen LogP contribution in [0.5, 0.6) is 0 Å². The maximum atomic E-state index is 12.4. The normalized spacial score (nSPS) is 17.7. The van der Waals surface area contributed by atoms with Gasteiger partial charge in [-0.15, -0.1) is 0 Å². The Labute approximate surface area is 135 Å². The van der Waals surface area contributed by atoms with Crippen LogP contribution in [0.3, 0.4) is 0 Å². The molecule has 4 nitrogen and oxygen atoms in total. The molecule has 1 fully saturated rings. The molecule has 0 aliphatic carbocycles. The van der Waals surface area contributed by atoms with Gasteiger partial charge in [-0.1, -0.05) is 48.5 Å². The molecule has 116 valence electrons. The summed E-state index contributed by atoms with van der Waals surface area (Å²) in [5, 5.41) is 2.78. The van der Waals surface area contributed by atoms with Crippen molar-refractivity contribution in [3.8, 4) is 0 Å². The third-order valence-electron chi connectivity index (χ3n) is 3.82. The highest BCUT2D eigenvalue weighted by atomic mass is 16.2. The van der Waals surface area contributed by atoms with Crippen molar-refractivity contribution in [1.29, 1.82) is 0 Å². The third-order valence-corrected chi connectivity index (χ3v) is 3.82. The summed E-state index contributed by atoms with van der Waals surface area (Å²) in [7, 11) is 0. The predicted molar refractivity (Wildman–Crippen MR) is 90.8 cm³/mol. The Kier molecular flexibility index (Phi) is 4.52. The molecule has 0 aromatic heterocycles. The molecule has 4 heteroatoms. The molecule has 2 aromatic carbocycles. The first-order chi connectivity index (χ1) is 11.2. The Bertz CT molecular complexity index is 711. The van der Waals surface area contributed by atoms with Crippen LogP contribution in [0.15, 0.2) is 66.7 Å². The van der Waals surface area contributed by atoms with Crippen LogP contribution in [0, 0.1) is 0 Å². The summed E-state index contributed by atoms with van der Waals surface area (Å²) in [6, 6.07) is 18.6. The van der Waals surface area contributed by atoms with Crippen molar-refractivity contribution in [3.63, 3.8) is 0 Å². The molecule has 0 spiro atoms. The zero-order chi connectivity index (χ0) is 16.1. The summed E-state index contributed by atoms with van der Waals surface area (Å²) >= 11 is 0. The molecule has 0 saturated carbocycles. The van der Waals surface area contributed by atoms with Crippen LogP contribution in [0.4, 0.5) is 5.69 Å². The molecule has 1 aliphatic rings. The number of carbonyl (C=O) groups is 2. The second-order valence-electron chi connectivity index (χ2n) is 5.42. The summed E-state index contributed by atoms with van der Waals surface area (Å²) in [6.45, 7) is 0.621. The largest absolute Gasteiger partial charge is 0.341 e. The number of benzene rings is 2. The van der Waals surface area contributed by atoms with Gasteiger partial charge in [-0.25, -0.2) is 0 Å². The van der Waals surface area contributed by atoms with Gasteiger partial charge in [-0.3, -0.25) is 9.59 Å². The molecule has 1 aliphatic heterocycles. The van der Waals surface area contributed by atoms with Crippen molar-refractivity contribution in [1.82, 2.24) is 5.32 Å². The zero-order valence-electron chi connectivity index (χ0n) is 12.7. The van der Waals surface area contributed by atoms with E-state index >= 15 is 0 Å². The lowest BCUT2D eigenvalue weighted by Crippen LogP contribution is -2.40. The van der Waals surface area contributed by atoms with Gasteiger partial charge in [0.1, 0.15) is 6.04 Å². The second-order valence-corrected chi connectivity index (χ2v) is 5.42. The van der Waals surface area contributed by atoms with Gasteiger partial charge in [0.25, 0.3) is 0 Å². The van der Waals surface area contributed by atoms with Gasteiger partial charge < -0.3 is 10.2 Å². The summed E-state index contributed by atoms with van der Waals surface area (Å²) in [6.07, 6.45) is 3.83. The fourth-order valence-electron chi connectivity index (χ4n) is 2.63. The summed E-state index contributed by atoms with van der Waals surface area (Å²) in [4.78, 5) is 26.1. The quantitative estimate of drug-likeness (QED) is 0.883. The number of hydrogen-bond acceptors (Lipinski definition) is 2. The van der Waals surface area contributed by atoms with Gasteiger partial charge in [0.15, 0.2) is 0 Å². The van der Waals surface area contributed by atoms with Crippen molar-refractivity contribution in [2.75, 3.05) is 11.4 Å². The lowest BCUT2D eigenvalue weighted by molar-refractivity contribution is -0.123. The van der Waals surface area contributed by atoms with Crippen LogP contribution in [-0.2, 0) is 9.59 Å². The van der Waals surface area contributed by atoms with E-state index in [0.29, 0.717) is 13.0 Å². The standard InChI is InChI=1S/C19H18N2O2/c22-18(12-11-15-7-3-1-4-8-15)20-17-13-14-21(19(17)23)16-9-5-2-6-10-16/h1-12,17H,13-14H2,(H,20,22)/b12-11+. The Morgan fingerprint density at radius 2 is 1.70 bits per heavy atom. The fraction of sp³-hybridized carbons (Fsp3) is 0.158. The van der Waals surface area contributed by atoms with Crippen molar-refractivity contribution in [3.05, 3.63) is 72.3 Å². The van der Waals surface area contributed by atoms with Gasteiger partial charge in [0, 0.05) is 18.3 Å². The average molecular weight is 306 g/mol. The minimum absolute atomic E-state index is 0.0577. The first-order valence-corrected chi connectivity index (χ1v) is 7.64. The van der Waals surface area contributed by atoms with E-state index in [1.807, 2.05) is 60.7 Å². The SMILES string of the molecule is O=C(/C=C/c1ccccc1)NC1CCN(c2ccccc2)C1=O. The highest BCUT2D eigenvalue weighted by Crippen LogP contribution is 2.21. The molecular formula is C19H18N2O2. The van der Waals surface area contributed by atoms with Gasteiger partial charge in [-0.05, 0) is 30.2 Å². The Balaban J connectivity index is 1.60. The predicted octanol–water partition coefficient (Wildman–Crippen LogP) is 2.62. The summed E-state index contributed by atoms with van der Waals surface area (Å²) in [5.41, 5.74) is 1.82. The van der Waals surface area contributed by atoms with E-state index in [1.54, 1.807) is 11.0 Å². The van der Waals surface area contributed by atoms with E-state index in [-0.39, 0.29) is 11.8 Å². The van der Waals surface area contributed by atoms with Gasteiger partial charge in [-0.2, -0.15) is 0 Å². The van der Waals surface area contributed by atoms with Crippen molar-refractivity contribution >= 4 is 23.6 Å². The molecule has 1 N–H and O–H groups in total. The van der Waals surface area contributed by atoms with Gasteiger partial charge >= 0.3 is 0 Å². The molecule has 0 bridgehead atoms. The second kappa shape index (κ2) is 6.92. The number of nitrogens with zero attached hydrogens (tertiary/aromatic N) is 1. The molecule has 23 heavy (non-hydrogen) atoms. The van der Waals surface area contributed by atoms with Crippen LogP contribution in [0.2, 0.25) is 0 Å². The smallest absolute Gasteiger partial charge is 0.249 e. The lowest BCUT2D eigenvalue weighted by atomic mass is 10.2. The number of para-hydroxylation sites is 1. The van der Waals surface area contributed by atoms with Crippen molar-refractivity contribution in [2.45, 2.75) is 12.5 Å². The van der Waals surface area contributed by atoms with E-state index in [0.717, 1.165) is 11.3 Å². The number of amides is 2. The number of hydrogen-bond donors (Lipinski definition) is 1. The number of anilines is 1. The van der Waals surface area contributed by atoms with E-state index in [9.17, 15) is 9.59 Å². The number of rotatable bonds is 4. The van der Waals surface area contributed by atoms with E-state index in [4.69, 9.17) is 0 Å². The molecule has 0 radical (unpaired) electrons. The number of carbonyl (C=O) groups excluding carboxylic acids is 2. The van der Waals surface area contributed by atoms with Crippen LogP contribution < -0.4 is 10.2 Å². The Morgan fingerprint density at radius 1 is 1.04 bits per heavy atom. The van der Waals surface area contributed by atoms with E-state index in [1.165, 1.54) is 6.08 Å². The lowest BCUT2D eigenvalue weighted by Gasteiger charge is -2.16. The Hall–Kier alpha value is -2.88. The van der Waals surface area contributed by atoms with Crippen LogP contribution in [-0.4, -0.2) is 24.4 Å². The van der Waals surface area contributed by atoms with Crippen LogP contribution in [0.25, 0.3) is 6.08 Å². The molecule has 1 heterocycles. The van der Waals surface area contributed by atoms with Gasteiger partial charge in [0.2, 0.25) is 11.8 Å². The van der Waals surface area contributed by atoms with Crippen molar-refractivity contribution < 1.29 is 9.59 Å². The maximum absolute atomic E-state index is 12.4. The van der Waals surface area contributed by atoms with E-state index < -0.39 is 6.04 Å². The molecule has 3 rings (SSSR count). The summed E-state index contributed by atoms with van der Waals surface area (Å²) < 4.78 is 0. The fourth-order valence-corrected chi connectivity index (χ4v) is 2.63. The summed E-state index contributed by atoms with van der Waals surface area (Å²) in [5.74, 6) is -0.306. The highest BCUT2D eigenvalue weighted by molar-refractivity contribution is 6.03. The Morgan fingerprint density at radius 3 is 2.39 bits per heavy atom. The number of nitrogens with one attached hydrogen (secondary N) is 1. The van der Waals surface area contributed by atoms with Crippen LogP contribution >= 0.6 is 0 Å². The molecule has 1 saturated heterocycles. The first kappa shape index (κ1) is 15.0. The molecular weight excluding hydrogens is 288 g/mol. The molecule has 1 unspecified atom stereocenters.